The normalized spacial score (nSPS) is 10.1. The van der Waals surface area contributed by atoms with Crippen LogP contribution >= 0.6 is 11.6 Å². The summed E-state index contributed by atoms with van der Waals surface area (Å²) in [4.78, 5) is 10.4. The van der Waals surface area contributed by atoms with Gasteiger partial charge >= 0.3 is 5.97 Å². The molecule has 0 aliphatic heterocycles. The van der Waals surface area contributed by atoms with Crippen LogP contribution in [0, 0.1) is 5.82 Å². The number of hydrogen-bond donors (Lipinski definition) is 1. The van der Waals surface area contributed by atoms with Crippen LogP contribution in [-0.2, 0) is 11.2 Å². The van der Waals surface area contributed by atoms with Crippen molar-refractivity contribution in [3.05, 3.63) is 28.5 Å². The third kappa shape index (κ3) is 2.83. The second-order valence-corrected chi connectivity index (χ2v) is 3.34. The Bertz CT molecular complexity index is 379. The van der Waals surface area contributed by atoms with Crippen molar-refractivity contribution < 1.29 is 19.0 Å². The quantitative estimate of drug-likeness (QED) is 0.868. The van der Waals surface area contributed by atoms with Gasteiger partial charge in [0, 0.05) is 17.0 Å². The van der Waals surface area contributed by atoms with Crippen molar-refractivity contribution in [2.45, 2.75) is 12.8 Å². The first-order valence-electron chi connectivity index (χ1n) is 4.29. The molecule has 0 aliphatic carbocycles. The van der Waals surface area contributed by atoms with Gasteiger partial charge in [-0.3, -0.25) is 4.79 Å². The maximum absolute atomic E-state index is 13.2. The average molecular weight is 233 g/mol. The highest BCUT2D eigenvalue weighted by Crippen LogP contribution is 2.30. The fourth-order valence-electron chi connectivity index (χ4n) is 1.26. The first kappa shape index (κ1) is 11.8. The number of methoxy groups -OCH3 is 1. The van der Waals surface area contributed by atoms with Crippen LogP contribution in [0.4, 0.5) is 4.39 Å². The Balaban J connectivity index is 3.02. The van der Waals surface area contributed by atoms with Gasteiger partial charge < -0.3 is 9.84 Å². The van der Waals surface area contributed by atoms with Crippen LogP contribution in [0.25, 0.3) is 0 Å². The highest BCUT2D eigenvalue weighted by molar-refractivity contribution is 6.31. The largest absolute Gasteiger partial charge is 0.493 e. The second kappa shape index (κ2) is 4.98. The Kier molecular flexibility index (Phi) is 3.91. The number of ether oxygens (including phenoxy) is 1. The van der Waals surface area contributed by atoms with Crippen molar-refractivity contribution in [3.8, 4) is 5.75 Å². The molecule has 1 rings (SSSR count). The second-order valence-electron chi connectivity index (χ2n) is 2.93. The van der Waals surface area contributed by atoms with Gasteiger partial charge in [-0.15, -0.1) is 0 Å². The lowest BCUT2D eigenvalue weighted by Gasteiger charge is -2.10. The van der Waals surface area contributed by atoms with Gasteiger partial charge in [0.15, 0.2) is 11.6 Å². The Hall–Kier alpha value is -1.29. The van der Waals surface area contributed by atoms with Crippen molar-refractivity contribution in [1.82, 2.24) is 0 Å². The summed E-state index contributed by atoms with van der Waals surface area (Å²) in [5.74, 6) is -1.48. The Morgan fingerprint density at radius 3 is 2.80 bits per heavy atom. The third-order valence-electron chi connectivity index (χ3n) is 1.95. The highest BCUT2D eigenvalue weighted by atomic mass is 35.5. The number of halogens is 2. The van der Waals surface area contributed by atoms with Crippen molar-refractivity contribution in [2.24, 2.45) is 0 Å². The maximum atomic E-state index is 13.2. The van der Waals surface area contributed by atoms with Crippen molar-refractivity contribution in [2.75, 3.05) is 7.11 Å². The summed E-state index contributed by atoms with van der Waals surface area (Å²) in [6.45, 7) is 0. The standard InChI is InChI=1S/C10H10ClFO3/c1-15-10-6(2-5-9(13)14)7(11)3-4-8(10)12/h3-4H,2,5H2,1H3,(H,13,14). The molecular formula is C10H10ClFO3. The van der Waals surface area contributed by atoms with E-state index >= 15 is 0 Å². The molecule has 0 bridgehead atoms. The molecule has 0 saturated heterocycles. The monoisotopic (exact) mass is 232 g/mol. The van der Waals surface area contributed by atoms with E-state index in [1.807, 2.05) is 0 Å². The first-order valence-corrected chi connectivity index (χ1v) is 4.66. The molecule has 3 nitrogen and oxygen atoms in total. The molecule has 0 spiro atoms. The zero-order valence-electron chi connectivity index (χ0n) is 8.09. The predicted octanol–water partition coefficient (Wildman–Crippen LogP) is 2.50. The molecule has 1 aromatic rings. The van der Waals surface area contributed by atoms with Gasteiger partial charge in [0.2, 0.25) is 0 Å². The summed E-state index contributed by atoms with van der Waals surface area (Å²) in [7, 11) is 1.32. The SMILES string of the molecule is COc1c(F)ccc(Cl)c1CCC(=O)O. The van der Waals surface area contributed by atoms with E-state index in [1.165, 1.54) is 19.2 Å². The number of carboxylic acids is 1. The van der Waals surface area contributed by atoms with Crippen LogP contribution in [0.15, 0.2) is 12.1 Å². The van der Waals surface area contributed by atoms with Crippen molar-refractivity contribution in [3.63, 3.8) is 0 Å². The van der Waals surface area contributed by atoms with Gasteiger partial charge in [0.25, 0.3) is 0 Å². The number of aliphatic carboxylic acids is 1. The topological polar surface area (TPSA) is 46.5 Å². The molecule has 82 valence electrons. The van der Waals surface area contributed by atoms with Crippen LogP contribution in [0.3, 0.4) is 0 Å². The summed E-state index contributed by atoms with van der Waals surface area (Å²) in [5, 5.41) is 8.84. The maximum Gasteiger partial charge on any atom is 0.303 e. The average Bonchev–Trinajstić information content (AvgIpc) is 2.19. The summed E-state index contributed by atoms with van der Waals surface area (Å²) in [6.07, 6.45) is 0.0363. The molecule has 0 atom stereocenters. The number of carboxylic acid groups (broad SMARTS) is 1. The van der Waals surface area contributed by atoms with E-state index in [1.54, 1.807) is 0 Å². The molecule has 0 heterocycles. The minimum atomic E-state index is -0.961. The van der Waals surface area contributed by atoms with Gasteiger partial charge in [0.05, 0.1) is 7.11 Å². The van der Waals surface area contributed by atoms with Crippen molar-refractivity contribution in [1.29, 1.82) is 0 Å². The van der Waals surface area contributed by atoms with E-state index in [-0.39, 0.29) is 18.6 Å². The van der Waals surface area contributed by atoms with Crippen LogP contribution in [0.1, 0.15) is 12.0 Å². The number of benzene rings is 1. The van der Waals surface area contributed by atoms with Gasteiger partial charge in [0.1, 0.15) is 0 Å². The lowest BCUT2D eigenvalue weighted by Crippen LogP contribution is -2.01. The molecular weight excluding hydrogens is 223 g/mol. The Labute approximate surface area is 91.4 Å². The van der Waals surface area contributed by atoms with E-state index < -0.39 is 11.8 Å². The lowest BCUT2D eigenvalue weighted by molar-refractivity contribution is -0.136. The van der Waals surface area contributed by atoms with E-state index in [4.69, 9.17) is 21.4 Å². The Morgan fingerprint density at radius 1 is 1.60 bits per heavy atom. The molecule has 1 N–H and O–H groups in total. The molecule has 15 heavy (non-hydrogen) atoms. The summed E-state index contributed by atoms with van der Waals surface area (Å²) in [5.41, 5.74) is 0.390. The lowest BCUT2D eigenvalue weighted by atomic mass is 10.1. The molecule has 0 fully saturated rings. The number of rotatable bonds is 4. The minimum absolute atomic E-state index is 0.0174. The summed E-state index contributed by atoms with van der Waals surface area (Å²) in [6, 6.07) is 2.57. The molecule has 0 aromatic heterocycles. The number of hydrogen-bond acceptors (Lipinski definition) is 2. The van der Waals surface area contributed by atoms with E-state index in [2.05, 4.69) is 0 Å². The van der Waals surface area contributed by atoms with Crippen LogP contribution in [0.5, 0.6) is 5.75 Å². The predicted molar refractivity (Wildman–Crippen MR) is 53.9 cm³/mol. The number of carbonyl (C=O) groups is 1. The van der Waals surface area contributed by atoms with E-state index in [0.717, 1.165) is 0 Å². The summed E-state index contributed by atoms with van der Waals surface area (Å²) < 4.78 is 18.1. The Morgan fingerprint density at radius 2 is 2.27 bits per heavy atom. The highest BCUT2D eigenvalue weighted by Gasteiger charge is 2.14. The van der Waals surface area contributed by atoms with Crippen LogP contribution < -0.4 is 4.74 Å². The van der Waals surface area contributed by atoms with E-state index in [0.29, 0.717) is 10.6 Å². The fourth-order valence-corrected chi connectivity index (χ4v) is 1.50. The molecule has 1 aromatic carbocycles. The summed E-state index contributed by atoms with van der Waals surface area (Å²) >= 11 is 5.82. The van der Waals surface area contributed by atoms with E-state index in [9.17, 15) is 9.18 Å². The minimum Gasteiger partial charge on any atom is -0.493 e. The zero-order chi connectivity index (χ0) is 11.4. The van der Waals surface area contributed by atoms with Gasteiger partial charge in [-0.2, -0.15) is 0 Å². The molecule has 0 aliphatic rings. The van der Waals surface area contributed by atoms with Gasteiger partial charge in [-0.25, -0.2) is 4.39 Å². The van der Waals surface area contributed by atoms with Gasteiger partial charge in [-0.1, -0.05) is 11.6 Å². The zero-order valence-corrected chi connectivity index (χ0v) is 8.84. The molecule has 0 unspecified atom stereocenters. The smallest absolute Gasteiger partial charge is 0.303 e. The fraction of sp³-hybridized carbons (Fsp3) is 0.300. The molecule has 0 saturated carbocycles. The molecule has 0 amide bonds. The third-order valence-corrected chi connectivity index (χ3v) is 2.30. The molecule has 5 heteroatoms. The first-order chi connectivity index (χ1) is 7.06. The van der Waals surface area contributed by atoms with Crippen LogP contribution in [0.2, 0.25) is 5.02 Å². The van der Waals surface area contributed by atoms with Crippen LogP contribution in [-0.4, -0.2) is 18.2 Å². The van der Waals surface area contributed by atoms with Crippen molar-refractivity contribution >= 4 is 17.6 Å². The van der Waals surface area contributed by atoms with Gasteiger partial charge in [-0.05, 0) is 18.6 Å². The molecule has 0 radical (unpaired) electrons.